The molecule has 3 aromatic rings. The molecule has 1 saturated heterocycles. The second-order valence-electron chi connectivity index (χ2n) is 6.47. The Morgan fingerprint density at radius 1 is 1.08 bits per heavy atom. The molecule has 0 spiro atoms. The molecule has 1 amide bonds. The molecule has 2 unspecified atom stereocenters. The van der Waals surface area contributed by atoms with Crippen molar-refractivity contribution < 1.29 is 9.59 Å². The number of carbonyl (C=O) groups is 2. The monoisotopic (exact) mass is 365 g/mol. The first-order chi connectivity index (χ1) is 12.6. The standard InChI is InChI=1S/C20H19N3O2S/c1-22-18(19(24)26-20(22)25)15-8-5-9-17-14(15)10-11-23(17)12-16(21)13-6-3-2-4-7-13/h2-11,16,18H,12,21H2,1H3. The number of likely N-dealkylation sites (N-methyl/N-ethyl adjacent to an activating group) is 1. The van der Waals surface area contributed by atoms with Gasteiger partial charge in [-0.1, -0.05) is 42.5 Å². The molecule has 2 heterocycles. The predicted octanol–water partition coefficient (Wildman–Crippen LogP) is 3.71. The van der Waals surface area contributed by atoms with Crippen LogP contribution in [0.1, 0.15) is 23.2 Å². The van der Waals surface area contributed by atoms with Crippen LogP contribution in [0.3, 0.4) is 0 Å². The normalized spacial score (nSPS) is 18.7. The number of carbonyl (C=O) groups excluding carboxylic acids is 2. The van der Waals surface area contributed by atoms with Crippen molar-refractivity contribution in [2.75, 3.05) is 7.05 Å². The van der Waals surface area contributed by atoms with Crippen LogP contribution in [0.4, 0.5) is 4.79 Å². The van der Waals surface area contributed by atoms with E-state index >= 15 is 0 Å². The highest BCUT2D eigenvalue weighted by Gasteiger charge is 2.39. The number of nitrogens with two attached hydrogens (primary N) is 1. The molecule has 2 N–H and O–H groups in total. The third-order valence-corrected chi connectivity index (χ3v) is 5.74. The molecule has 6 heteroatoms. The highest BCUT2D eigenvalue weighted by molar-refractivity contribution is 8.26. The van der Waals surface area contributed by atoms with E-state index in [0.29, 0.717) is 6.54 Å². The van der Waals surface area contributed by atoms with Gasteiger partial charge in [-0.15, -0.1) is 0 Å². The summed E-state index contributed by atoms with van der Waals surface area (Å²) < 4.78 is 2.10. The first kappa shape index (κ1) is 16.9. The number of hydrogen-bond acceptors (Lipinski definition) is 4. The molecule has 1 aromatic heterocycles. The highest BCUT2D eigenvalue weighted by atomic mass is 32.2. The molecular formula is C20H19N3O2S. The van der Waals surface area contributed by atoms with Crippen molar-refractivity contribution in [2.24, 2.45) is 5.73 Å². The van der Waals surface area contributed by atoms with Crippen molar-refractivity contribution >= 4 is 33.0 Å². The van der Waals surface area contributed by atoms with Crippen molar-refractivity contribution in [1.29, 1.82) is 0 Å². The Balaban J connectivity index is 1.70. The van der Waals surface area contributed by atoms with Gasteiger partial charge in [-0.05, 0) is 23.3 Å². The van der Waals surface area contributed by atoms with Gasteiger partial charge >= 0.3 is 0 Å². The summed E-state index contributed by atoms with van der Waals surface area (Å²) in [5.41, 5.74) is 9.33. The molecule has 26 heavy (non-hydrogen) atoms. The van der Waals surface area contributed by atoms with Crippen molar-refractivity contribution in [3.05, 3.63) is 71.9 Å². The summed E-state index contributed by atoms with van der Waals surface area (Å²) in [5, 5.41) is 0.648. The largest absolute Gasteiger partial charge is 0.346 e. The molecule has 0 radical (unpaired) electrons. The van der Waals surface area contributed by atoms with Crippen LogP contribution in [0.25, 0.3) is 10.9 Å². The maximum atomic E-state index is 12.3. The topological polar surface area (TPSA) is 68.3 Å². The molecule has 1 aliphatic rings. The minimum atomic E-state index is -0.533. The van der Waals surface area contributed by atoms with Crippen molar-refractivity contribution in [2.45, 2.75) is 18.6 Å². The molecule has 1 fully saturated rings. The summed E-state index contributed by atoms with van der Waals surface area (Å²) in [6, 6.07) is 17.2. The first-order valence-corrected chi connectivity index (χ1v) is 9.24. The van der Waals surface area contributed by atoms with E-state index in [1.165, 1.54) is 4.90 Å². The maximum absolute atomic E-state index is 12.3. The van der Waals surface area contributed by atoms with Crippen LogP contribution in [0, 0.1) is 0 Å². The predicted molar refractivity (Wildman–Crippen MR) is 104 cm³/mol. The lowest BCUT2D eigenvalue weighted by Crippen LogP contribution is -2.23. The Hall–Kier alpha value is -2.57. The summed E-state index contributed by atoms with van der Waals surface area (Å²) in [7, 11) is 1.67. The van der Waals surface area contributed by atoms with E-state index in [1.807, 2.05) is 60.8 Å². The zero-order chi connectivity index (χ0) is 18.3. The number of amides is 1. The van der Waals surface area contributed by atoms with Gasteiger partial charge < -0.3 is 15.2 Å². The van der Waals surface area contributed by atoms with Gasteiger partial charge in [0.25, 0.3) is 5.24 Å². The van der Waals surface area contributed by atoms with E-state index < -0.39 is 6.04 Å². The molecule has 2 aromatic carbocycles. The third-order valence-electron chi connectivity index (χ3n) is 4.85. The van der Waals surface area contributed by atoms with Gasteiger partial charge in [-0.3, -0.25) is 9.59 Å². The van der Waals surface area contributed by atoms with Gasteiger partial charge in [-0.25, -0.2) is 0 Å². The Bertz CT molecular complexity index is 983. The summed E-state index contributed by atoms with van der Waals surface area (Å²) in [5.74, 6) is 0. The second kappa shape index (κ2) is 6.63. The minimum Gasteiger partial charge on any atom is -0.346 e. The fraction of sp³-hybridized carbons (Fsp3) is 0.200. The van der Waals surface area contributed by atoms with Gasteiger partial charge in [-0.2, -0.15) is 0 Å². The molecule has 1 aliphatic heterocycles. The average Bonchev–Trinajstić information content (AvgIpc) is 3.16. The number of benzene rings is 2. The van der Waals surface area contributed by atoms with Gasteiger partial charge in [0, 0.05) is 48.5 Å². The van der Waals surface area contributed by atoms with E-state index in [0.717, 1.165) is 33.8 Å². The smallest absolute Gasteiger partial charge is 0.289 e. The van der Waals surface area contributed by atoms with E-state index in [9.17, 15) is 9.59 Å². The quantitative estimate of drug-likeness (QED) is 0.765. The van der Waals surface area contributed by atoms with Crippen molar-refractivity contribution in [3.63, 3.8) is 0 Å². The lowest BCUT2D eigenvalue weighted by molar-refractivity contribution is -0.113. The molecular weight excluding hydrogens is 346 g/mol. The molecule has 0 bridgehead atoms. The van der Waals surface area contributed by atoms with Crippen LogP contribution < -0.4 is 5.73 Å². The van der Waals surface area contributed by atoms with Crippen LogP contribution in [0.5, 0.6) is 0 Å². The van der Waals surface area contributed by atoms with Crippen LogP contribution in [0.15, 0.2) is 60.8 Å². The van der Waals surface area contributed by atoms with Crippen LogP contribution in [-0.2, 0) is 11.3 Å². The Labute approximate surface area is 155 Å². The third kappa shape index (κ3) is 2.81. The molecule has 0 saturated carbocycles. The lowest BCUT2D eigenvalue weighted by atomic mass is 10.0. The van der Waals surface area contributed by atoms with E-state index in [4.69, 9.17) is 5.73 Å². The van der Waals surface area contributed by atoms with Gasteiger partial charge in [0.2, 0.25) is 5.12 Å². The number of aromatic nitrogens is 1. The first-order valence-electron chi connectivity index (χ1n) is 8.43. The Morgan fingerprint density at radius 2 is 1.85 bits per heavy atom. The molecule has 132 valence electrons. The second-order valence-corrected chi connectivity index (χ2v) is 7.42. The van der Waals surface area contributed by atoms with E-state index in [2.05, 4.69) is 4.57 Å². The number of hydrogen-bond donors (Lipinski definition) is 1. The van der Waals surface area contributed by atoms with Crippen molar-refractivity contribution in [1.82, 2.24) is 9.47 Å². The molecule has 0 aliphatic carbocycles. The SMILES string of the molecule is CN1C(=O)SC(=O)C1c1cccc2c1ccn2CC(N)c1ccccc1. The fourth-order valence-electron chi connectivity index (χ4n) is 3.48. The molecule has 4 rings (SSSR count). The van der Waals surface area contributed by atoms with E-state index in [-0.39, 0.29) is 16.4 Å². The Kier molecular flexibility index (Phi) is 4.30. The number of rotatable bonds is 4. The number of fused-ring (bicyclic) bond motifs is 1. The van der Waals surface area contributed by atoms with E-state index in [1.54, 1.807) is 7.05 Å². The molecule has 2 atom stereocenters. The zero-order valence-corrected chi connectivity index (χ0v) is 15.1. The summed E-state index contributed by atoms with van der Waals surface area (Å²) >= 11 is 0.776. The van der Waals surface area contributed by atoms with Crippen LogP contribution in [-0.4, -0.2) is 26.9 Å². The Morgan fingerprint density at radius 3 is 2.54 bits per heavy atom. The van der Waals surface area contributed by atoms with Crippen LogP contribution in [0.2, 0.25) is 0 Å². The minimum absolute atomic E-state index is 0.122. The van der Waals surface area contributed by atoms with Crippen molar-refractivity contribution in [3.8, 4) is 0 Å². The molecule has 5 nitrogen and oxygen atoms in total. The average molecular weight is 365 g/mol. The van der Waals surface area contributed by atoms with Crippen LogP contribution >= 0.6 is 11.8 Å². The van der Waals surface area contributed by atoms with Gasteiger partial charge in [0.05, 0.1) is 0 Å². The highest BCUT2D eigenvalue weighted by Crippen LogP contribution is 2.38. The number of thioether (sulfide) groups is 1. The summed E-state index contributed by atoms with van der Waals surface area (Å²) in [4.78, 5) is 25.6. The van der Waals surface area contributed by atoms with Gasteiger partial charge in [0.1, 0.15) is 6.04 Å². The lowest BCUT2D eigenvalue weighted by Gasteiger charge is -2.19. The van der Waals surface area contributed by atoms with Gasteiger partial charge in [0.15, 0.2) is 0 Å². The summed E-state index contributed by atoms with van der Waals surface area (Å²) in [6.07, 6.45) is 1.99. The fourth-order valence-corrected chi connectivity index (χ4v) is 4.29. The summed E-state index contributed by atoms with van der Waals surface area (Å²) in [6.45, 7) is 0.638. The zero-order valence-electron chi connectivity index (χ0n) is 14.3. The number of nitrogens with zero attached hydrogens (tertiary/aromatic N) is 2. The maximum Gasteiger partial charge on any atom is 0.289 e.